The van der Waals surface area contributed by atoms with Gasteiger partial charge in [0, 0.05) is 23.3 Å². The number of amides is 1. The molecule has 1 fully saturated rings. The molecule has 104 valence electrons. The summed E-state index contributed by atoms with van der Waals surface area (Å²) in [6, 6.07) is 3.16. The Hall–Kier alpha value is -1.14. The van der Waals surface area contributed by atoms with Crippen molar-refractivity contribution in [3.8, 4) is 0 Å². The summed E-state index contributed by atoms with van der Waals surface area (Å²) in [7, 11) is 0. The van der Waals surface area contributed by atoms with E-state index >= 15 is 0 Å². The van der Waals surface area contributed by atoms with Crippen LogP contribution in [0.15, 0.2) is 27.6 Å². The first-order valence-corrected chi connectivity index (χ1v) is 7.03. The van der Waals surface area contributed by atoms with Gasteiger partial charge >= 0.3 is 0 Å². The van der Waals surface area contributed by atoms with Gasteiger partial charge in [-0.3, -0.25) is 9.59 Å². The SMILES string of the molecule is C[C@@H]1CN(C(=O)Cn2cc(Br)ccc2=O)[C@@H](C)CO1. The molecule has 0 bridgehead atoms. The zero-order valence-corrected chi connectivity index (χ0v) is 12.6. The summed E-state index contributed by atoms with van der Waals surface area (Å²) in [5.41, 5.74) is -0.175. The van der Waals surface area contributed by atoms with Crippen molar-refractivity contribution in [3.63, 3.8) is 0 Å². The smallest absolute Gasteiger partial charge is 0.251 e. The number of rotatable bonds is 2. The summed E-state index contributed by atoms with van der Waals surface area (Å²) < 4.78 is 7.69. The summed E-state index contributed by atoms with van der Waals surface area (Å²) in [5, 5.41) is 0. The van der Waals surface area contributed by atoms with Gasteiger partial charge in [-0.1, -0.05) is 0 Å². The maximum Gasteiger partial charge on any atom is 0.251 e. The first kappa shape index (κ1) is 14.3. The maximum atomic E-state index is 12.3. The molecule has 1 aliphatic rings. The number of hydrogen-bond acceptors (Lipinski definition) is 3. The highest BCUT2D eigenvalue weighted by Crippen LogP contribution is 2.12. The molecule has 1 saturated heterocycles. The Labute approximate surface area is 120 Å². The quantitative estimate of drug-likeness (QED) is 0.821. The van der Waals surface area contributed by atoms with Gasteiger partial charge in [0.15, 0.2) is 0 Å². The van der Waals surface area contributed by atoms with Crippen molar-refractivity contribution < 1.29 is 9.53 Å². The minimum Gasteiger partial charge on any atom is -0.375 e. The van der Waals surface area contributed by atoms with Crippen LogP contribution in [-0.4, -0.2) is 40.7 Å². The first-order valence-electron chi connectivity index (χ1n) is 6.24. The zero-order chi connectivity index (χ0) is 14.0. The van der Waals surface area contributed by atoms with Gasteiger partial charge in [-0.25, -0.2) is 0 Å². The molecular weight excluding hydrogens is 312 g/mol. The molecule has 0 unspecified atom stereocenters. The second kappa shape index (κ2) is 5.88. The van der Waals surface area contributed by atoms with Crippen LogP contribution in [0.1, 0.15) is 13.8 Å². The zero-order valence-electron chi connectivity index (χ0n) is 11.0. The number of carbonyl (C=O) groups excluding carboxylic acids is 1. The van der Waals surface area contributed by atoms with Crippen LogP contribution in [0.25, 0.3) is 0 Å². The summed E-state index contributed by atoms with van der Waals surface area (Å²) in [6.45, 7) is 5.07. The molecule has 0 saturated carbocycles. The highest BCUT2D eigenvalue weighted by atomic mass is 79.9. The number of pyridine rings is 1. The van der Waals surface area contributed by atoms with Crippen molar-refractivity contribution in [2.24, 2.45) is 0 Å². The van der Waals surface area contributed by atoms with Crippen molar-refractivity contribution in [1.82, 2.24) is 9.47 Å². The second-order valence-electron chi connectivity index (χ2n) is 4.85. The molecule has 1 amide bonds. The van der Waals surface area contributed by atoms with E-state index in [9.17, 15) is 9.59 Å². The van der Waals surface area contributed by atoms with E-state index in [1.54, 1.807) is 17.2 Å². The Morgan fingerprint density at radius 3 is 2.95 bits per heavy atom. The lowest BCUT2D eigenvalue weighted by Crippen LogP contribution is -2.51. The Kier molecular flexibility index (Phi) is 4.42. The molecule has 2 heterocycles. The van der Waals surface area contributed by atoms with Crippen LogP contribution in [0.4, 0.5) is 0 Å². The van der Waals surface area contributed by atoms with Crippen molar-refractivity contribution >= 4 is 21.8 Å². The van der Waals surface area contributed by atoms with Gasteiger partial charge < -0.3 is 14.2 Å². The molecule has 1 aliphatic heterocycles. The average Bonchev–Trinajstić information content (AvgIpc) is 2.36. The van der Waals surface area contributed by atoms with Crippen molar-refractivity contribution in [3.05, 3.63) is 33.2 Å². The topological polar surface area (TPSA) is 51.5 Å². The standard InChI is InChI=1S/C13H17BrN2O3/c1-9-8-19-10(2)5-16(9)13(18)7-15-6-11(14)3-4-12(15)17/h3-4,6,9-10H,5,7-8H2,1-2H3/t9-,10+/m0/s1. The molecule has 0 aliphatic carbocycles. The van der Waals surface area contributed by atoms with Gasteiger partial charge in [-0.15, -0.1) is 0 Å². The number of hydrogen-bond donors (Lipinski definition) is 0. The Morgan fingerprint density at radius 2 is 2.21 bits per heavy atom. The van der Waals surface area contributed by atoms with Gasteiger partial charge in [-0.2, -0.15) is 0 Å². The van der Waals surface area contributed by atoms with Gasteiger partial charge in [0.25, 0.3) is 5.56 Å². The fourth-order valence-electron chi connectivity index (χ4n) is 2.11. The summed E-state index contributed by atoms with van der Waals surface area (Å²) >= 11 is 3.30. The highest BCUT2D eigenvalue weighted by molar-refractivity contribution is 9.10. The molecule has 0 N–H and O–H groups in total. The van der Waals surface area contributed by atoms with Crippen molar-refractivity contribution in [2.75, 3.05) is 13.2 Å². The van der Waals surface area contributed by atoms with E-state index in [2.05, 4.69) is 15.9 Å². The van der Waals surface area contributed by atoms with Gasteiger partial charge in [0.2, 0.25) is 5.91 Å². The predicted molar refractivity (Wildman–Crippen MR) is 75.0 cm³/mol. The fraction of sp³-hybridized carbons (Fsp3) is 0.538. The van der Waals surface area contributed by atoms with Crippen molar-refractivity contribution in [1.29, 1.82) is 0 Å². The molecule has 0 radical (unpaired) electrons. The number of ether oxygens (including phenoxy) is 1. The number of aromatic nitrogens is 1. The summed E-state index contributed by atoms with van der Waals surface area (Å²) in [6.07, 6.45) is 1.67. The average molecular weight is 329 g/mol. The molecule has 19 heavy (non-hydrogen) atoms. The first-order chi connectivity index (χ1) is 8.97. The van der Waals surface area contributed by atoms with Crippen LogP contribution in [-0.2, 0) is 16.1 Å². The lowest BCUT2D eigenvalue weighted by atomic mass is 10.2. The third-order valence-corrected chi connectivity index (χ3v) is 3.65. The monoisotopic (exact) mass is 328 g/mol. The number of nitrogens with zero attached hydrogens (tertiary/aromatic N) is 2. The Bertz CT molecular complexity index is 529. The summed E-state index contributed by atoms with van der Waals surface area (Å²) in [4.78, 5) is 25.7. The molecule has 1 aromatic rings. The lowest BCUT2D eigenvalue weighted by Gasteiger charge is -2.36. The van der Waals surface area contributed by atoms with Gasteiger partial charge in [0.05, 0.1) is 18.8 Å². The Balaban J connectivity index is 2.12. The third kappa shape index (κ3) is 3.45. The van der Waals surface area contributed by atoms with E-state index in [0.717, 1.165) is 4.47 Å². The van der Waals surface area contributed by atoms with Crippen LogP contribution < -0.4 is 5.56 Å². The van der Waals surface area contributed by atoms with Crippen LogP contribution in [0.2, 0.25) is 0 Å². The number of halogens is 1. The van der Waals surface area contributed by atoms with E-state index in [4.69, 9.17) is 4.74 Å². The molecule has 0 spiro atoms. The van der Waals surface area contributed by atoms with Crippen LogP contribution >= 0.6 is 15.9 Å². The van der Waals surface area contributed by atoms with E-state index in [0.29, 0.717) is 13.2 Å². The fourth-order valence-corrected chi connectivity index (χ4v) is 2.49. The highest BCUT2D eigenvalue weighted by Gasteiger charge is 2.27. The van der Waals surface area contributed by atoms with Gasteiger partial charge in [0.1, 0.15) is 6.54 Å². The molecule has 6 heteroatoms. The van der Waals surface area contributed by atoms with Crippen LogP contribution in [0.3, 0.4) is 0 Å². The molecule has 2 rings (SSSR count). The number of carbonyl (C=O) groups is 1. The van der Waals surface area contributed by atoms with Crippen LogP contribution in [0, 0.1) is 0 Å². The molecule has 2 atom stereocenters. The summed E-state index contributed by atoms with van der Waals surface area (Å²) in [5.74, 6) is -0.0529. The van der Waals surface area contributed by atoms with E-state index < -0.39 is 0 Å². The largest absolute Gasteiger partial charge is 0.375 e. The maximum absolute atomic E-state index is 12.3. The molecule has 5 nitrogen and oxygen atoms in total. The Morgan fingerprint density at radius 1 is 1.47 bits per heavy atom. The molecule has 1 aromatic heterocycles. The number of morpholine rings is 1. The lowest BCUT2D eigenvalue weighted by molar-refractivity contribution is -0.143. The van der Waals surface area contributed by atoms with Gasteiger partial charge in [-0.05, 0) is 35.8 Å². The third-order valence-electron chi connectivity index (χ3n) is 3.18. The minimum atomic E-state index is -0.175. The predicted octanol–water partition coefficient (Wildman–Crippen LogP) is 1.25. The molecule has 0 aromatic carbocycles. The molecular formula is C13H17BrN2O3. The van der Waals surface area contributed by atoms with E-state index in [1.807, 2.05) is 13.8 Å². The minimum absolute atomic E-state index is 0.0411. The van der Waals surface area contributed by atoms with Crippen molar-refractivity contribution in [2.45, 2.75) is 32.5 Å². The van der Waals surface area contributed by atoms with E-state index in [-0.39, 0.29) is 30.2 Å². The van der Waals surface area contributed by atoms with E-state index in [1.165, 1.54) is 10.6 Å². The normalized spacial score (nSPS) is 23.4. The van der Waals surface area contributed by atoms with Crippen LogP contribution in [0.5, 0.6) is 0 Å². The second-order valence-corrected chi connectivity index (χ2v) is 5.77.